The third-order valence-electron chi connectivity index (χ3n) is 3.85. The summed E-state index contributed by atoms with van der Waals surface area (Å²) in [5.74, 6) is 0. The fraction of sp³-hybridized carbons (Fsp3) is 1.00. The quantitative estimate of drug-likeness (QED) is 0.694. The second-order valence-corrected chi connectivity index (χ2v) is 6.21. The molecule has 0 amide bonds. The van der Waals surface area contributed by atoms with Crippen LogP contribution < -0.4 is 5.32 Å². The van der Waals surface area contributed by atoms with E-state index in [2.05, 4.69) is 36.3 Å². The zero-order chi connectivity index (χ0) is 13.0. The number of nitrogens with zero attached hydrogens (tertiary/aromatic N) is 2. The van der Waals surface area contributed by atoms with Crippen molar-refractivity contribution in [3.05, 3.63) is 0 Å². The SMILES string of the molecule is CN(C)CCN(C)CC1CCC(CNC2CC2)O1. The van der Waals surface area contributed by atoms with Crippen LogP contribution in [-0.2, 0) is 4.74 Å². The zero-order valence-corrected chi connectivity index (χ0v) is 12.2. The largest absolute Gasteiger partial charge is 0.372 e. The van der Waals surface area contributed by atoms with Crippen LogP contribution in [0.3, 0.4) is 0 Å². The minimum atomic E-state index is 0.447. The average Bonchev–Trinajstić information content (AvgIpc) is 3.05. The third-order valence-corrected chi connectivity index (χ3v) is 3.85. The van der Waals surface area contributed by atoms with E-state index in [1.165, 1.54) is 25.7 Å². The Kier molecular flexibility index (Phi) is 5.42. The van der Waals surface area contributed by atoms with E-state index < -0.39 is 0 Å². The first kappa shape index (κ1) is 14.3. The lowest BCUT2D eigenvalue weighted by molar-refractivity contribution is 0.0270. The Balaban J connectivity index is 1.56. The van der Waals surface area contributed by atoms with Crippen LogP contribution in [0.1, 0.15) is 25.7 Å². The molecule has 1 saturated carbocycles. The predicted molar refractivity (Wildman–Crippen MR) is 75.0 cm³/mol. The van der Waals surface area contributed by atoms with Gasteiger partial charge in [-0.2, -0.15) is 0 Å². The molecule has 2 atom stereocenters. The Morgan fingerprint density at radius 3 is 2.39 bits per heavy atom. The Morgan fingerprint density at radius 2 is 1.72 bits per heavy atom. The molecule has 0 aromatic carbocycles. The Labute approximate surface area is 112 Å². The van der Waals surface area contributed by atoms with Crippen molar-refractivity contribution in [3.63, 3.8) is 0 Å². The van der Waals surface area contributed by atoms with Gasteiger partial charge in [-0.25, -0.2) is 0 Å². The molecule has 4 heteroatoms. The second kappa shape index (κ2) is 6.85. The molecule has 1 N–H and O–H groups in total. The van der Waals surface area contributed by atoms with Gasteiger partial charge in [-0.3, -0.25) is 0 Å². The molecule has 0 spiro atoms. The van der Waals surface area contributed by atoms with E-state index in [9.17, 15) is 0 Å². The van der Waals surface area contributed by atoms with Crippen LogP contribution in [-0.4, -0.2) is 75.4 Å². The molecule has 0 radical (unpaired) electrons. The van der Waals surface area contributed by atoms with Crippen LogP contribution in [0.25, 0.3) is 0 Å². The molecule has 106 valence electrons. The van der Waals surface area contributed by atoms with Gasteiger partial charge in [0, 0.05) is 32.2 Å². The maximum absolute atomic E-state index is 6.10. The molecule has 1 aliphatic carbocycles. The average molecular weight is 255 g/mol. The summed E-state index contributed by atoms with van der Waals surface area (Å²) >= 11 is 0. The fourth-order valence-corrected chi connectivity index (χ4v) is 2.46. The minimum Gasteiger partial charge on any atom is -0.372 e. The Morgan fingerprint density at radius 1 is 1.00 bits per heavy atom. The maximum Gasteiger partial charge on any atom is 0.0707 e. The lowest BCUT2D eigenvalue weighted by atomic mass is 10.2. The zero-order valence-electron chi connectivity index (χ0n) is 12.2. The standard InChI is InChI=1S/C14H29N3O/c1-16(2)8-9-17(3)11-14-7-6-13(18-14)10-15-12-4-5-12/h12-15H,4-11H2,1-3H3. The highest BCUT2D eigenvalue weighted by Gasteiger charge is 2.28. The van der Waals surface area contributed by atoms with Gasteiger partial charge in [0.2, 0.25) is 0 Å². The second-order valence-electron chi connectivity index (χ2n) is 6.21. The summed E-state index contributed by atoms with van der Waals surface area (Å²) in [5, 5.41) is 3.57. The van der Waals surface area contributed by atoms with Crippen LogP contribution in [0.5, 0.6) is 0 Å². The molecular formula is C14H29N3O. The first-order chi connectivity index (χ1) is 8.63. The highest BCUT2D eigenvalue weighted by atomic mass is 16.5. The first-order valence-electron chi connectivity index (χ1n) is 7.35. The van der Waals surface area contributed by atoms with E-state index in [1.54, 1.807) is 0 Å². The summed E-state index contributed by atoms with van der Waals surface area (Å²) in [6.45, 7) is 4.38. The van der Waals surface area contributed by atoms with Crippen molar-refractivity contribution < 1.29 is 4.74 Å². The van der Waals surface area contributed by atoms with Gasteiger partial charge in [0.25, 0.3) is 0 Å². The van der Waals surface area contributed by atoms with E-state index in [4.69, 9.17) is 4.74 Å². The van der Waals surface area contributed by atoms with Crippen molar-refractivity contribution in [2.24, 2.45) is 0 Å². The van der Waals surface area contributed by atoms with E-state index in [0.717, 1.165) is 32.2 Å². The van der Waals surface area contributed by atoms with E-state index >= 15 is 0 Å². The van der Waals surface area contributed by atoms with Gasteiger partial charge in [0.1, 0.15) is 0 Å². The van der Waals surface area contributed by atoms with Gasteiger partial charge in [0.15, 0.2) is 0 Å². The van der Waals surface area contributed by atoms with Crippen molar-refractivity contribution in [2.75, 3.05) is 47.3 Å². The molecule has 0 aromatic heterocycles. The lowest BCUT2D eigenvalue weighted by Crippen LogP contribution is -2.35. The minimum absolute atomic E-state index is 0.447. The molecule has 2 rings (SSSR count). The molecular weight excluding hydrogens is 226 g/mol. The van der Waals surface area contributed by atoms with Gasteiger partial charge in [-0.15, -0.1) is 0 Å². The summed E-state index contributed by atoms with van der Waals surface area (Å²) in [5.41, 5.74) is 0. The number of hydrogen-bond donors (Lipinski definition) is 1. The van der Waals surface area contributed by atoms with Crippen LogP contribution in [0.4, 0.5) is 0 Å². The van der Waals surface area contributed by atoms with Crippen molar-refractivity contribution in [1.29, 1.82) is 0 Å². The molecule has 1 saturated heterocycles. The van der Waals surface area contributed by atoms with Crippen molar-refractivity contribution in [3.8, 4) is 0 Å². The number of nitrogens with one attached hydrogen (secondary N) is 1. The summed E-state index contributed by atoms with van der Waals surface area (Å²) < 4.78 is 6.10. The molecule has 2 unspecified atom stereocenters. The Hall–Kier alpha value is -0.160. The van der Waals surface area contributed by atoms with E-state index in [0.29, 0.717) is 12.2 Å². The molecule has 4 nitrogen and oxygen atoms in total. The van der Waals surface area contributed by atoms with Gasteiger partial charge >= 0.3 is 0 Å². The van der Waals surface area contributed by atoms with E-state index in [-0.39, 0.29) is 0 Å². The molecule has 2 fully saturated rings. The molecule has 18 heavy (non-hydrogen) atoms. The van der Waals surface area contributed by atoms with Crippen molar-refractivity contribution in [1.82, 2.24) is 15.1 Å². The summed E-state index contributed by atoms with van der Waals surface area (Å²) in [4.78, 5) is 4.62. The summed E-state index contributed by atoms with van der Waals surface area (Å²) in [6, 6.07) is 0.801. The highest BCUT2D eigenvalue weighted by molar-refractivity contribution is 4.84. The van der Waals surface area contributed by atoms with Crippen LogP contribution in [0, 0.1) is 0 Å². The molecule has 1 heterocycles. The predicted octanol–water partition coefficient (Wildman–Crippen LogP) is 0.779. The van der Waals surface area contributed by atoms with Crippen LogP contribution in [0.15, 0.2) is 0 Å². The Bertz CT molecular complexity index is 243. The van der Waals surface area contributed by atoms with Crippen LogP contribution >= 0.6 is 0 Å². The molecule has 1 aliphatic heterocycles. The summed E-state index contributed by atoms with van der Waals surface area (Å²) in [6.07, 6.45) is 6.09. The monoisotopic (exact) mass is 255 g/mol. The van der Waals surface area contributed by atoms with Crippen LogP contribution in [0.2, 0.25) is 0 Å². The number of ether oxygens (including phenoxy) is 1. The molecule has 0 bridgehead atoms. The lowest BCUT2D eigenvalue weighted by Gasteiger charge is -2.23. The van der Waals surface area contributed by atoms with E-state index in [1.807, 2.05) is 0 Å². The maximum atomic E-state index is 6.10. The highest BCUT2D eigenvalue weighted by Crippen LogP contribution is 2.22. The van der Waals surface area contributed by atoms with Gasteiger partial charge < -0.3 is 19.9 Å². The van der Waals surface area contributed by atoms with Gasteiger partial charge in [0.05, 0.1) is 12.2 Å². The summed E-state index contributed by atoms with van der Waals surface area (Å²) in [7, 11) is 6.45. The smallest absolute Gasteiger partial charge is 0.0707 e. The third kappa shape index (κ3) is 5.22. The number of hydrogen-bond acceptors (Lipinski definition) is 4. The topological polar surface area (TPSA) is 27.7 Å². The van der Waals surface area contributed by atoms with Gasteiger partial charge in [-0.05, 0) is 46.8 Å². The van der Waals surface area contributed by atoms with Crippen molar-refractivity contribution >= 4 is 0 Å². The molecule has 0 aromatic rings. The number of likely N-dealkylation sites (N-methyl/N-ethyl adjacent to an activating group) is 2. The fourth-order valence-electron chi connectivity index (χ4n) is 2.46. The normalized spacial score (nSPS) is 28.5. The van der Waals surface area contributed by atoms with Crippen molar-refractivity contribution in [2.45, 2.75) is 43.9 Å². The van der Waals surface area contributed by atoms with Gasteiger partial charge in [-0.1, -0.05) is 0 Å². The number of rotatable bonds is 8. The first-order valence-corrected chi connectivity index (χ1v) is 7.35. The molecule has 2 aliphatic rings.